The minimum Gasteiger partial charge on any atom is -0.490 e. The summed E-state index contributed by atoms with van der Waals surface area (Å²) < 4.78 is 77.4. The fourth-order valence-electron chi connectivity index (χ4n) is 4.36. The molecule has 0 aliphatic heterocycles. The van der Waals surface area contributed by atoms with Crippen molar-refractivity contribution in [3.63, 3.8) is 0 Å². The summed E-state index contributed by atoms with van der Waals surface area (Å²) in [4.78, 5) is 0. The quantitative estimate of drug-likeness (QED) is 0.327. The Morgan fingerprint density at radius 3 is 2.26 bits per heavy atom. The Morgan fingerprint density at radius 2 is 1.59 bits per heavy atom. The lowest BCUT2D eigenvalue weighted by molar-refractivity contribution is 0.295. The van der Waals surface area contributed by atoms with Gasteiger partial charge in [0.25, 0.3) is 0 Å². The minimum absolute atomic E-state index is 0.0468. The second kappa shape index (κ2) is 10.00. The van der Waals surface area contributed by atoms with E-state index in [-0.39, 0.29) is 40.5 Å². The van der Waals surface area contributed by atoms with Crippen LogP contribution in [0.25, 0.3) is 16.7 Å². The Hall–Kier alpha value is -3.15. The molecule has 0 radical (unpaired) electrons. The van der Waals surface area contributed by atoms with Gasteiger partial charge in [0.05, 0.1) is 6.61 Å². The van der Waals surface area contributed by atoms with Gasteiger partial charge in [-0.15, -0.1) is 0 Å². The molecule has 1 aliphatic rings. The summed E-state index contributed by atoms with van der Waals surface area (Å²) in [6.07, 6.45) is 3.98. The van der Waals surface area contributed by atoms with Crippen LogP contribution in [-0.4, -0.2) is 6.61 Å². The molecule has 4 rings (SSSR count). The summed E-state index contributed by atoms with van der Waals surface area (Å²) >= 11 is 0. The lowest BCUT2D eigenvalue weighted by Crippen LogP contribution is -2.08. The number of ether oxygens (including phenoxy) is 1. The van der Waals surface area contributed by atoms with Gasteiger partial charge in [-0.25, -0.2) is 17.6 Å². The molecule has 0 heterocycles. The molecule has 6 heteroatoms. The molecule has 0 aromatic heterocycles. The number of hydrogen-bond acceptors (Lipinski definition) is 1. The van der Waals surface area contributed by atoms with Gasteiger partial charge in [0.1, 0.15) is 5.82 Å². The summed E-state index contributed by atoms with van der Waals surface area (Å²) in [6.45, 7) is 3.63. The second-order valence-electron chi connectivity index (χ2n) is 8.58. The first-order chi connectivity index (χ1) is 16.3. The highest BCUT2D eigenvalue weighted by Crippen LogP contribution is 2.39. The van der Waals surface area contributed by atoms with Crippen LogP contribution >= 0.6 is 0 Å². The Kier molecular flexibility index (Phi) is 7.05. The zero-order valence-electron chi connectivity index (χ0n) is 19.0. The van der Waals surface area contributed by atoms with Crippen LogP contribution < -0.4 is 4.74 Å². The molecule has 1 unspecified atom stereocenters. The molecule has 0 N–H and O–H groups in total. The van der Waals surface area contributed by atoms with Crippen LogP contribution in [0.4, 0.5) is 22.0 Å². The number of aryl methyl sites for hydroxylation is 1. The van der Waals surface area contributed by atoms with Crippen molar-refractivity contribution >= 4 is 5.57 Å². The van der Waals surface area contributed by atoms with Crippen LogP contribution in [0.2, 0.25) is 0 Å². The van der Waals surface area contributed by atoms with Gasteiger partial charge in [0.15, 0.2) is 23.2 Å². The van der Waals surface area contributed by atoms with E-state index in [1.807, 2.05) is 13.0 Å². The standard InChI is InChI=1S/C28H25F5O/c1-3-14-34-24-13-12-22(27(32)28(24)33)19-9-11-20(23(29)15-19)17-5-7-18(8-6-17)21-10-4-16(2)25(30)26(21)31/h4,7,9-13,15,17H,3,5-6,8,14H2,1-2H3. The fraction of sp³-hybridized carbons (Fsp3) is 0.286. The summed E-state index contributed by atoms with van der Waals surface area (Å²) in [5, 5.41) is 0. The van der Waals surface area contributed by atoms with Crippen molar-refractivity contribution in [2.24, 2.45) is 0 Å². The van der Waals surface area contributed by atoms with E-state index in [0.717, 1.165) is 0 Å². The SMILES string of the molecule is CCCOc1ccc(-c2ccc(C3CC=C(c4ccc(C)c(F)c4F)CC3)c(F)c2)c(F)c1F. The van der Waals surface area contributed by atoms with E-state index in [9.17, 15) is 17.6 Å². The molecule has 1 atom stereocenters. The van der Waals surface area contributed by atoms with E-state index < -0.39 is 29.1 Å². The second-order valence-corrected chi connectivity index (χ2v) is 8.58. The van der Waals surface area contributed by atoms with Gasteiger partial charge in [-0.05, 0) is 79.0 Å². The molecule has 0 saturated carbocycles. The van der Waals surface area contributed by atoms with Crippen molar-refractivity contribution in [3.05, 3.63) is 94.3 Å². The third kappa shape index (κ3) is 4.59. The molecule has 3 aromatic rings. The number of halogens is 5. The predicted octanol–water partition coefficient (Wildman–Crippen LogP) is 8.50. The van der Waals surface area contributed by atoms with Gasteiger partial charge >= 0.3 is 0 Å². The number of hydrogen-bond donors (Lipinski definition) is 0. The van der Waals surface area contributed by atoms with Gasteiger partial charge in [0.2, 0.25) is 5.82 Å². The fourth-order valence-corrected chi connectivity index (χ4v) is 4.36. The molecule has 1 aliphatic carbocycles. The van der Waals surface area contributed by atoms with Crippen LogP contribution in [0, 0.1) is 36.0 Å². The van der Waals surface area contributed by atoms with Gasteiger partial charge in [-0.3, -0.25) is 0 Å². The summed E-state index contributed by atoms with van der Waals surface area (Å²) in [5.41, 5.74) is 1.82. The van der Waals surface area contributed by atoms with Crippen molar-refractivity contribution in [1.29, 1.82) is 0 Å². The van der Waals surface area contributed by atoms with Crippen molar-refractivity contribution in [3.8, 4) is 16.9 Å². The molecule has 1 nitrogen and oxygen atoms in total. The van der Waals surface area contributed by atoms with Crippen LogP contribution in [0.15, 0.2) is 48.5 Å². The summed E-state index contributed by atoms with van der Waals surface area (Å²) in [5.74, 6) is -4.73. The van der Waals surface area contributed by atoms with Gasteiger partial charge < -0.3 is 4.74 Å². The average molecular weight is 472 g/mol. The molecule has 0 amide bonds. The van der Waals surface area contributed by atoms with Crippen LogP contribution in [0.5, 0.6) is 5.75 Å². The summed E-state index contributed by atoms with van der Waals surface area (Å²) in [7, 11) is 0. The van der Waals surface area contributed by atoms with Gasteiger partial charge in [-0.2, -0.15) is 4.39 Å². The largest absolute Gasteiger partial charge is 0.490 e. The average Bonchev–Trinajstić information content (AvgIpc) is 2.84. The lowest BCUT2D eigenvalue weighted by Gasteiger charge is -2.24. The molecule has 0 spiro atoms. The van der Waals surface area contributed by atoms with E-state index >= 15 is 4.39 Å². The van der Waals surface area contributed by atoms with Crippen LogP contribution in [-0.2, 0) is 0 Å². The highest BCUT2D eigenvalue weighted by atomic mass is 19.2. The third-order valence-electron chi connectivity index (χ3n) is 6.29. The Labute approximate surface area is 195 Å². The van der Waals surface area contributed by atoms with Crippen molar-refractivity contribution in [2.75, 3.05) is 6.61 Å². The number of rotatable bonds is 6. The third-order valence-corrected chi connectivity index (χ3v) is 6.29. The molecule has 178 valence electrons. The normalized spacial score (nSPS) is 15.9. The monoisotopic (exact) mass is 472 g/mol. The van der Waals surface area contributed by atoms with Gasteiger partial charge in [-0.1, -0.05) is 37.3 Å². The smallest absolute Gasteiger partial charge is 0.201 e. The molecule has 0 fully saturated rings. The number of benzene rings is 3. The molecular weight excluding hydrogens is 447 g/mol. The van der Waals surface area contributed by atoms with Crippen LogP contribution in [0.1, 0.15) is 55.2 Å². The topological polar surface area (TPSA) is 9.23 Å². The predicted molar refractivity (Wildman–Crippen MR) is 123 cm³/mol. The Morgan fingerprint density at radius 1 is 0.853 bits per heavy atom. The molecule has 0 bridgehead atoms. The summed E-state index contributed by atoms with van der Waals surface area (Å²) in [6, 6.07) is 10.2. The maximum atomic E-state index is 15.0. The minimum atomic E-state index is -1.10. The zero-order valence-corrected chi connectivity index (χ0v) is 19.0. The lowest BCUT2D eigenvalue weighted by atomic mass is 9.82. The van der Waals surface area contributed by atoms with E-state index in [0.29, 0.717) is 36.8 Å². The van der Waals surface area contributed by atoms with E-state index in [4.69, 9.17) is 4.74 Å². The Balaban J connectivity index is 1.55. The molecule has 0 saturated heterocycles. The van der Waals surface area contributed by atoms with E-state index in [2.05, 4.69) is 0 Å². The first-order valence-electron chi connectivity index (χ1n) is 11.4. The first kappa shape index (κ1) is 24.0. The van der Waals surface area contributed by atoms with Gasteiger partial charge in [0, 0.05) is 11.1 Å². The maximum Gasteiger partial charge on any atom is 0.201 e. The van der Waals surface area contributed by atoms with Crippen molar-refractivity contribution in [1.82, 2.24) is 0 Å². The highest BCUT2D eigenvalue weighted by Gasteiger charge is 2.24. The number of allylic oxidation sites excluding steroid dienone is 2. The molecular formula is C28H25F5O. The van der Waals surface area contributed by atoms with E-state index in [1.165, 1.54) is 25.1 Å². The highest BCUT2D eigenvalue weighted by molar-refractivity contribution is 5.68. The zero-order chi connectivity index (χ0) is 24.4. The Bertz CT molecular complexity index is 1250. The molecule has 3 aromatic carbocycles. The van der Waals surface area contributed by atoms with E-state index in [1.54, 1.807) is 24.3 Å². The maximum absolute atomic E-state index is 15.0. The van der Waals surface area contributed by atoms with Crippen molar-refractivity contribution in [2.45, 2.75) is 45.4 Å². The van der Waals surface area contributed by atoms with Crippen LogP contribution in [0.3, 0.4) is 0 Å². The molecule has 34 heavy (non-hydrogen) atoms. The first-order valence-corrected chi connectivity index (χ1v) is 11.4. The van der Waals surface area contributed by atoms with Crippen molar-refractivity contribution < 1.29 is 26.7 Å².